The zero-order chi connectivity index (χ0) is 27.3. The summed E-state index contributed by atoms with van der Waals surface area (Å²) < 4.78 is 56.7. The van der Waals surface area contributed by atoms with E-state index >= 15 is 0 Å². The van der Waals surface area contributed by atoms with Crippen molar-refractivity contribution in [1.82, 2.24) is 4.90 Å². The number of urea groups is 1. The first kappa shape index (κ1) is 26.8. The van der Waals surface area contributed by atoms with Crippen LogP contribution in [0.5, 0.6) is 5.75 Å². The number of aryl methyl sites for hydroxylation is 2. The monoisotopic (exact) mass is 536 g/mol. The quantitative estimate of drug-likeness (QED) is 0.258. The maximum atomic E-state index is 13.4. The molecule has 0 saturated carbocycles. The molecule has 0 aliphatic heterocycles. The van der Waals surface area contributed by atoms with Crippen molar-refractivity contribution in [2.75, 3.05) is 5.32 Å². The Morgan fingerprint density at radius 2 is 1.29 bits per heavy atom. The summed E-state index contributed by atoms with van der Waals surface area (Å²) in [5, 5.41) is 2.91. The second-order valence-corrected chi connectivity index (χ2v) is 10.4. The lowest BCUT2D eigenvalue weighted by Crippen LogP contribution is -2.34. The summed E-state index contributed by atoms with van der Waals surface area (Å²) in [4.78, 5) is 14.6. The molecule has 4 rings (SSSR count). The molecule has 1 N–H and O–H groups in total. The maximum Gasteiger partial charge on any atom is 0.339 e. The third-order valence-electron chi connectivity index (χ3n) is 5.94. The predicted octanol–water partition coefficient (Wildman–Crippen LogP) is 6.58. The maximum absolute atomic E-state index is 13.4. The van der Waals surface area contributed by atoms with Crippen LogP contribution in [0.1, 0.15) is 22.3 Å². The minimum absolute atomic E-state index is 0.0720. The number of nitrogens with one attached hydrogen (secondary N) is 1. The number of benzene rings is 4. The van der Waals surface area contributed by atoms with E-state index in [-0.39, 0.29) is 35.6 Å². The molecule has 0 spiro atoms. The number of halogens is 2. The van der Waals surface area contributed by atoms with E-state index in [0.29, 0.717) is 11.3 Å². The van der Waals surface area contributed by atoms with Gasteiger partial charge in [-0.3, -0.25) is 0 Å². The zero-order valence-electron chi connectivity index (χ0n) is 20.8. The van der Waals surface area contributed by atoms with Gasteiger partial charge in [-0.1, -0.05) is 30.3 Å². The number of carbonyl (C=O) groups excluding carboxylic acids is 1. The average Bonchev–Trinajstić information content (AvgIpc) is 2.88. The summed E-state index contributed by atoms with van der Waals surface area (Å²) in [6.45, 7) is 4.36. The van der Waals surface area contributed by atoms with Crippen molar-refractivity contribution in [3.8, 4) is 5.75 Å². The van der Waals surface area contributed by atoms with Gasteiger partial charge in [0.25, 0.3) is 0 Å². The lowest BCUT2D eigenvalue weighted by Gasteiger charge is -2.24. The molecule has 0 aliphatic rings. The molecule has 6 nitrogen and oxygen atoms in total. The molecule has 0 unspecified atom stereocenters. The number of hydrogen-bond donors (Lipinski definition) is 1. The van der Waals surface area contributed by atoms with Crippen LogP contribution in [0.15, 0.2) is 95.9 Å². The molecule has 4 aromatic rings. The van der Waals surface area contributed by atoms with E-state index in [0.717, 1.165) is 41.0 Å². The van der Waals surface area contributed by atoms with Gasteiger partial charge in [-0.2, -0.15) is 8.42 Å². The van der Waals surface area contributed by atoms with Gasteiger partial charge in [0.2, 0.25) is 0 Å². The normalized spacial score (nSPS) is 11.2. The van der Waals surface area contributed by atoms with Gasteiger partial charge in [0.05, 0.1) is 0 Å². The summed E-state index contributed by atoms with van der Waals surface area (Å²) >= 11 is 0. The lowest BCUT2D eigenvalue weighted by molar-refractivity contribution is 0.206. The lowest BCUT2D eigenvalue weighted by atomic mass is 10.1. The molecule has 0 fully saturated rings. The average molecular weight is 537 g/mol. The molecule has 0 aliphatic carbocycles. The van der Waals surface area contributed by atoms with Crippen molar-refractivity contribution < 1.29 is 26.2 Å². The molecule has 0 atom stereocenters. The van der Waals surface area contributed by atoms with Crippen LogP contribution in [0.25, 0.3) is 0 Å². The van der Waals surface area contributed by atoms with Gasteiger partial charge in [-0.15, -0.1) is 0 Å². The molecule has 0 saturated heterocycles. The summed E-state index contributed by atoms with van der Waals surface area (Å²) in [5.41, 5.74) is 4.26. The van der Waals surface area contributed by atoms with Crippen LogP contribution in [0.2, 0.25) is 0 Å². The second kappa shape index (κ2) is 11.4. The highest BCUT2D eigenvalue weighted by atomic mass is 32.2. The van der Waals surface area contributed by atoms with Gasteiger partial charge in [-0.25, -0.2) is 13.6 Å². The van der Waals surface area contributed by atoms with Crippen LogP contribution < -0.4 is 9.50 Å². The van der Waals surface area contributed by atoms with Crippen molar-refractivity contribution >= 4 is 21.8 Å². The van der Waals surface area contributed by atoms with E-state index in [1.807, 2.05) is 32.0 Å². The fourth-order valence-electron chi connectivity index (χ4n) is 3.68. The van der Waals surface area contributed by atoms with Crippen molar-refractivity contribution in [1.29, 1.82) is 0 Å². The molecular weight excluding hydrogens is 510 g/mol. The summed E-state index contributed by atoms with van der Waals surface area (Å²) in [6, 6.07) is 21.8. The molecule has 0 bridgehead atoms. The Hall–Kier alpha value is -4.24. The Labute approximate surface area is 220 Å². The topological polar surface area (TPSA) is 75.7 Å². The number of rotatable bonds is 8. The molecule has 196 valence electrons. The standard InChI is InChI=1S/C29H26F2N2O4S/c1-20-3-12-26(17-21(20)2)32-29(34)33(18-22-4-8-24(30)9-5-22)19-23-6-13-27(14-7-23)37-38(35,36)28-15-10-25(31)11-16-28/h3-17H,18-19H2,1-2H3,(H,32,34). The molecule has 4 aromatic carbocycles. The van der Waals surface area contributed by atoms with E-state index < -0.39 is 15.9 Å². The van der Waals surface area contributed by atoms with Gasteiger partial charge in [0.1, 0.15) is 22.3 Å². The van der Waals surface area contributed by atoms with E-state index in [1.54, 1.807) is 29.2 Å². The van der Waals surface area contributed by atoms with Crippen molar-refractivity contribution in [3.05, 3.63) is 125 Å². The molecule has 2 amide bonds. The molecule has 9 heteroatoms. The largest absolute Gasteiger partial charge is 0.379 e. The Kier molecular flexibility index (Phi) is 8.07. The van der Waals surface area contributed by atoms with Gasteiger partial charge < -0.3 is 14.4 Å². The molecular formula is C29H26F2N2O4S. The highest BCUT2D eigenvalue weighted by Gasteiger charge is 2.18. The van der Waals surface area contributed by atoms with E-state index in [9.17, 15) is 22.0 Å². The van der Waals surface area contributed by atoms with Crippen molar-refractivity contribution in [2.24, 2.45) is 0 Å². The fourth-order valence-corrected chi connectivity index (χ4v) is 4.61. The Morgan fingerprint density at radius 3 is 1.84 bits per heavy atom. The number of nitrogens with zero attached hydrogens (tertiary/aromatic N) is 1. The van der Waals surface area contributed by atoms with Crippen molar-refractivity contribution in [2.45, 2.75) is 31.8 Å². The minimum atomic E-state index is -4.14. The first-order valence-corrected chi connectivity index (χ1v) is 13.2. The minimum Gasteiger partial charge on any atom is -0.379 e. The molecule has 0 radical (unpaired) electrons. The van der Waals surface area contributed by atoms with Crippen molar-refractivity contribution in [3.63, 3.8) is 0 Å². The molecule has 38 heavy (non-hydrogen) atoms. The van der Waals surface area contributed by atoms with Crippen LogP contribution in [0.4, 0.5) is 19.3 Å². The van der Waals surface area contributed by atoms with Gasteiger partial charge in [-0.05, 0) is 96.8 Å². The van der Waals surface area contributed by atoms with E-state index in [1.165, 1.54) is 24.3 Å². The van der Waals surface area contributed by atoms with E-state index in [2.05, 4.69) is 5.32 Å². The smallest absolute Gasteiger partial charge is 0.339 e. The number of carbonyl (C=O) groups is 1. The number of anilines is 1. The Bertz CT molecular complexity index is 1520. The highest BCUT2D eigenvalue weighted by molar-refractivity contribution is 7.87. The molecule has 0 aromatic heterocycles. The zero-order valence-corrected chi connectivity index (χ0v) is 21.6. The summed E-state index contributed by atoms with van der Waals surface area (Å²) in [5.74, 6) is -0.853. The summed E-state index contributed by atoms with van der Waals surface area (Å²) in [6.07, 6.45) is 0. The number of hydrogen-bond acceptors (Lipinski definition) is 4. The first-order chi connectivity index (χ1) is 18.1. The predicted molar refractivity (Wildman–Crippen MR) is 141 cm³/mol. The Balaban J connectivity index is 1.50. The van der Waals surface area contributed by atoms with Gasteiger partial charge in [0, 0.05) is 18.8 Å². The summed E-state index contributed by atoms with van der Waals surface area (Å²) in [7, 11) is -4.14. The van der Waals surface area contributed by atoms with Crippen LogP contribution >= 0.6 is 0 Å². The van der Waals surface area contributed by atoms with Gasteiger partial charge >= 0.3 is 16.1 Å². The molecule has 0 heterocycles. The fraction of sp³-hybridized carbons (Fsp3) is 0.138. The number of amides is 2. The van der Waals surface area contributed by atoms with Gasteiger partial charge in [0.15, 0.2) is 0 Å². The van der Waals surface area contributed by atoms with Crippen LogP contribution in [-0.2, 0) is 23.2 Å². The SMILES string of the molecule is Cc1ccc(NC(=O)N(Cc2ccc(F)cc2)Cc2ccc(OS(=O)(=O)c3ccc(F)cc3)cc2)cc1C. The first-order valence-electron chi connectivity index (χ1n) is 11.8. The van der Waals surface area contributed by atoms with Crippen LogP contribution in [0.3, 0.4) is 0 Å². The van der Waals surface area contributed by atoms with Crippen LogP contribution in [0, 0.1) is 25.5 Å². The Morgan fingerprint density at radius 1 is 0.763 bits per heavy atom. The van der Waals surface area contributed by atoms with Crippen LogP contribution in [-0.4, -0.2) is 19.3 Å². The van der Waals surface area contributed by atoms with E-state index in [4.69, 9.17) is 4.18 Å². The second-order valence-electron chi connectivity index (χ2n) is 8.85. The highest BCUT2D eigenvalue weighted by Crippen LogP contribution is 2.22. The third kappa shape index (κ3) is 6.95. The third-order valence-corrected chi connectivity index (χ3v) is 7.20.